The highest BCUT2D eigenvalue weighted by atomic mass is 16.6. The number of rotatable bonds is 4. The average Bonchev–Trinajstić information content (AvgIpc) is 3.07. The number of H-pyrrole nitrogens is 1. The summed E-state index contributed by atoms with van der Waals surface area (Å²) in [6.07, 6.45) is 2.41. The number of hydrogen-bond acceptors (Lipinski definition) is 5. The van der Waals surface area contributed by atoms with Crippen molar-refractivity contribution in [3.63, 3.8) is 0 Å². The SMILES string of the molecule is CCOC(=O)C1CCCN1C(=O)c1cc([N+](=O)[O-])c[nH]1. The third-order valence-corrected chi connectivity index (χ3v) is 3.18. The number of carbonyl (C=O) groups is 2. The van der Waals surface area contributed by atoms with Crippen LogP contribution in [0.2, 0.25) is 0 Å². The number of amides is 1. The van der Waals surface area contributed by atoms with Gasteiger partial charge in [0.05, 0.1) is 17.7 Å². The zero-order valence-electron chi connectivity index (χ0n) is 11.0. The Labute approximate surface area is 114 Å². The summed E-state index contributed by atoms with van der Waals surface area (Å²) in [6.45, 7) is 2.40. The number of ether oxygens (including phenoxy) is 1. The van der Waals surface area contributed by atoms with E-state index in [1.54, 1.807) is 6.92 Å². The largest absolute Gasteiger partial charge is 0.464 e. The van der Waals surface area contributed by atoms with Crippen molar-refractivity contribution in [1.29, 1.82) is 0 Å². The Bertz CT molecular complexity index is 539. The molecule has 2 heterocycles. The molecule has 0 bridgehead atoms. The molecular weight excluding hydrogens is 266 g/mol. The van der Waals surface area contributed by atoms with Crippen LogP contribution in [-0.4, -0.2) is 45.9 Å². The van der Waals surface area contributed by atoms with Crippen LogP contribution in [0.25, 0.3) is 0 Å². The molecule has 8 heteroatoms. The summed E-state index contributed by atoms with van der Waals surface area (Å²) in [5, 5.41) is 10.6. The van der Waals surface area contributed by atoms with Crippen molar-refractivity contribution in [2.24, 2.45) is 0 Å². The molecule has 1 aliphatic heterocycles. The maximum atomic E-state index is 12.3. The van der Waals surface area contributed by atoms with Crippen molar-refractivity contribution in [2.45, 2.75) is 25.8 Å². The second kappa shape index (κ2) is 5.72. The summed E-state index contributed by atoms with van der Waals surface area (Å²) in [5.41, 5.74) is -0.0758. The summed E-state index contributed by atoms with van der Waals surface area (Å²) >= 11 is 0. The van der Waals surface area contributed by atoms with Gasteiger partial charge in [0, 0.05) is 12.6 Å². The van der Waals surface area contributed by atoms with Crippen LogP contribution in [0, 0.1) is 10.1 Å². The Kier molecular flexibility index (Phi) is 4.02. The first-order valence-electron chi connectivity index (χ1n) is 6.35. The van der Waals surface area contributed by atoms with E-state index in [0.717, 1.165) is 6.20 Å². The van der Waals surface area contributed by atoms with Crippen LogP contribution in [0.15, 0.2) is 12.3 Å². The van der Waals surface area contributed by atoms with Crippen molar-refractivity contribution in [2.75, 3.05) is 13.2 Å². The van der Waals surface area contributed by atoms with E-state index in [4.69, 9.17) is 4.74 Å². The lowest BCUT2D eigenvalue weighted by molar-refractivity contribution is -0.384. The molecular formula is C12H15N3O5. The second-order valence-electron chi connectivity index (χ2n) is 4.44. The van der Waals surface area contributed by atoms with Crippen LogP contribution in [-0.2, 0) is 9.53 Å². The second-order valence-corrected chi connectivity index (χ2v) is 4.44. The van der Waals surface area contributed by atoms with E-state index in [1.165, 1.54) is 11.0 Å². The maximum absolute atomic E-state index is 12.3. The van der Waals surface area contributed by atoms with E-state index in [1.807, 2.05) is 0 Å². The fourth-order valence-electron chi connectivity index (χ4n) is 2.26. The van der Waals surface area contributed by atoms with Gasteiger partial charge in [0.2, 0.25) is 0 Å². The lowest BCUT2D eigenvalue weighted by Crippen LogP contribution is -2.41. The molecule has 1 unspecified atom stereocenters. The van der Waals surface area contributed by atoms with E-state index in [2.05, 4.69) is 4.98 Å². The smallest absolute Gasteiger partial charge is 0.328 e. The molecule has 8 nitrogen and oxygen atoms in total. The minimum Gasteiger partial charge on any atom is -0.464 e. The fourth-order valence-corrected chi connectivity index (χ4v) is 2.26. The standard InChI is InChI=1S/C12H15N3O5/c1-2-20-12(17)10-4-3-5-14(10)11(16)9-6-8(7-13-9)15(18)19/h6-7,10,13H,2-5H2,1H3. The fraction of sp³-hybridized carbons (Fsp3) is 0.500. The van der Waals surface area contributed by atoms with Crippen LogP contribution < -0.4 is 0 Å². The molecule has 20 heavy (non-hydrogen) atoms. The molecule has 1 aromatic rings. The average molecular weight is 281 g/mol. The van der Waals surface area contributed by atoms with Crippen molar-refractivity contribution < 1.29 is 19.2 Å². The molecule has 0 aromatic carbocycles. The van der Waals surface area contributed by atoms with Gasteiger partial charge in [0.25, 0.3) is 11.6 Å². The van der Waals surface area contributed by atoms with Crippen LogP contribution in [0.5, 0.6) is 0 Å². The molecule has 1 aliphatic rings. The molecule has 0 radical (unpaired) electrons. The highest BCUT2D eigenvalue weighted by Gasteiger charge is 2.36. The van der Waals surface area contributed by atoms with Gasteiger partial charge in [-0.25, -0.2) is 4.79 Å². The Morgan fingerprint density at radius 1 is 1.60 bits per heavy atom. The number of likely N-dealkylation sites (tertiary alicyclic amines) is 1. The van der Waals surface area contributed by atoms with Gasteiger partial charge >= 0.3 is 5.97 Å². The predicted octanol–water partition coefficient (Wildman–Crippen LogP) is 1.09. The van der Waals surface area contributed by atoms with Crippen molar-refractivity contribution >= 4 is 17.6 Å². The lowest BCUT2D eigenvalue weighted by Gasteiger charge is -2.22. The molecule has 1 amide bonds. The molecule has 0 saturated carbocycles. The summed E-state index contributed by atoms with van der Waals surface area (Å²) < 4.78 is 4.93. The molecule has 1 saturated heterocycles. The third kappa shape index (κ3) is 2.63. The monoisotopic (exact) mass is 281 g/mol. The van der Waals surface area contributed by atoms with Gasteiger partial charge in [-0.15, -0.1) is 0 Å². The van der Waals surface area contributed by atoms with Crippen LogP contribution in [0.1, 0.15) is 30.3 Å². The highest BCUT2D eigenvalue weighted by molar-refractivity contribution is 5.96. The molecule has 108 valence electrons. The zero-order valence-corrected chi connectivity index (χ0v) is 11.0. The number of aromatic nitrogens is 1. The third-order valence-electron chi connectivity index (χ3n) is 3.18. The van der Waals surface area contributed by atoms with Gasteiger partial charge in [0.1, 0.15) is 11.7 Å². The van der Waals surface area contributed by atoms with E-state index >= 15 is 0 Å². The summed E-state index contributed by atoms with van der Waals surface area (Å²) in [7, 11) is 0. The maximum Gasteiger partial charge on any atom is 0.328 e. The normalized spacial score (nSPS) is 18.1. The van der Waals surface area contributed by atoms with Gasteiger partial charge in [-0.2, -0.15) is 0 Å². The first-order valence-corrected chi connectivity index (χ1v) is 6.35. The van der Waals surface area contributed by atoms with E-state index < -0.39 is 22.8 Å². The summed E-state index contributed by atoms with van der Waals surface area (Å²) in [5.74, 6) is -0.854. The molecule has 1 atom stereocenters. The molecule has 0 aliphatic carbocycles. The van der Waals surface area contributed by atoms with Gasteiger partial charge in [0.15, 0.2) is 0 Å². The number of aromatic amines is 1. The number of hydrogen-bond donors (Lipinski definition) is 1. The highest BCUT2D eigenvalue weighted by Crippen LogP contribution is 2.22. The zero-order chi connectivity index (χ0) is 14.7. The van der Waals surface area contributed by atoms with Crippen LogP contribution in [0.4, 0.5) is 5.69 Å². The van der Waals surface area contributed by atoms with Gasteiger partial charge in [-0.3, -0.25) is 14.9 Å². The number of nitrogens with zero attached hydrogens (tertiary/aromatic N) is 2. The summed E-state index contributed by atoms with van der Waals surface area (Å²) in [4.78, 5) is 38.0. The first-order chi connectivity index (χ1) is 9.54. The van der Waals surface area contributed by atoms with Crippen LogP contribution >= 0.6 is 0 Å². The number of nitro groups is 1. The predicted molar refractivity (Wildman–Crippen MR) is 68.1 cm³/mol. The van der Waals surface area contributed by atoms with Gasteiger partial charge in [-0.1, -0.05) is 0 Å². The molecule has 1 fully saturated rings. The van der Waals surface area contributed by atoms with Gasteiger partial charge < -0.3 is 14.6 Å². The van der Waals surface area contributed by atoms with E-state index in [9.17, 15) is 19.7 Å². The Balaban J connectivity index is 2.14. The van der Waals surface area contributed by atoms with E-state index in [-0.39, 0.29) is 18.0 Å². The number of carbonyl (C=O) groups excluding carboxylic acids is 2. The molecule has 2 rings (SSSR count). The quantitative estimate of drug-likeness (QED) is 0.505. The Morgan fingerprint density at radius 2 is 2.35 bits per heavy atom. The van der Waals surface area contributed by atoms with E-state index in [0.29, 0.717) is 19.4 Å². The number of nitrogens with one attached hydrogen (secondary N) is 1. The molecule has 1 N–H and O–H groups in total. The van der Waals surface area contributed by atoms with Crippen molar-refractivity contribution in [3.05, 3.63) is 28.1 Å². The Hall–Kier alpha value is -2.38. The first kappa shape index (κ1) is 14.0. The van der Waals surface area contributed by atoms with Crippen LogP contribution in [0.3, 0.4) is 0 Å². The number of esters is 1. The minimum absolute atomic E-state index is 0.105. The Morgan fingerprint density at radius 3 is 2.95 bits per heavy atom. The summed E-state index contributed by atoms with van der Waals surface area (Å²) in [6, 6.07) is 0.563. The lowest BCUT2D eigenvalue weighted by atomic mass is 10.2. The molecule has 1 aromatic heterocycles. The molecule has 0 spiro atoms. The van der Waals surface area contributed by atoms with Crippen molar-refractivity contribution in [3.8, 4) is 0 Å². The minimum atomic E-state index is -0.607. The van der Waals surface area contributed by atoms with Gasteiger partial charge in [-0.05, 0) is 19.8 Å². The van der Waals surface area contributed by atoms with Crippen molar-refractivity contribution in [1.82, 2.24) is 9.88 Å². The topological polar surface area (TPSA) is 106 Å².